The highest BCUT2D eigenvalue weighted by Gasteiger charge is 2.25. The third-order valence-electron chi connectivity index (χ3n) is 4.36. The fourth-order valence-electron chi connectivity index (χ4n) is 3.00. The number of nitrogens with one attached hydrogen (secondary N) is 1. The van der Waals surface area contributed by atoms with Crippen molar-refractivity contribution < 1.29 is 28.2 Å². The maximum Gasteiger partial charge on any atom is 0.341 e. The summed E-state index contributed by atoms with van der Waals surface area (Å²) < 4.78 is 29.1. The first-order valence-corrected chi connectivity index (χ1v) is 10.4. The molecule has 1 heterocycles. The van der Waals surface area contributed by atoms with Crippen molar-refractivity contribution in [3.8, 4) is 22.6 Å². The van der Waals surface area contributed by atoms with E-state index in [4.69, 9.17) is 14.2 Å². The van der Waals surface area contributed by atoms with E-state index in [-0.39, 0.29) is 18.0 Å². The molecule has 0 bridgehead atoms. The fourth-order valence-corrected chi connectivity index (χ4v) is 4.08. The summed E-state index contributed by atoms with van der Waals surface area (Å²) in [6.07, 6.45) is 0. The van der Waals surface area contributed by atoms with E-state index in [1.807, 2.05) is 13.8 Å². The Labute approximate surface area is 183 Å². The lowest BCUT2D eigenvalue weighted by Crippen LogP contribution is -2.21. The van der Waals surface area contributed by atoms with Crippen molar-refractivity contribution >= 4 is 28.2 Å². The van der Waals surface area contributed by atoms with Crippen LogP contribution in [-0.4, -0.2) is 32.2 Å². The minimum atomic E-state index is -0.591. The fraction of sp³-hybridized carbons (Fsp3) is 0.217. The van der Waals surface area contributed by atoms with Gasteiger partial charge in [-0.3, -0.25) is 4.79 Å². The number of benzene rings is 2. The largest absolute Gasteiger partial charge is 0.494 e. The van der Waals surface area contributed by atoms with E-state index in [2.05, 4.69) is 5.32 Å². The smallest absolute Gasteiger partial charge is 0.341 e. The van der Waals surface area contributed by atoms with Gasteiger partial charge in [0.15, 0.2) is 6.61 Å². The average Bonchev–Trinajstić information content (AvgIpc) is 3.09. The summed E-state index contributed by atoms with van der Waals surface area (Å²) in [4.78, 5) is 25.7. The standard InChI is InChI=1S/C23H22FNO5S/c1-4-29-17-9-11-18(12-10-17)30-13-19(26)25-22-21(23(27)28-3)20(14(2)31-22)15-5-7-16(24)8-6-15/h5-12H,4,13H2,1-3H3,(H,25,26). The van der Waals surface area contributed by atoms with Crippen molar-refractivity contribution in [3.63, 3.8) is 0 Å². The summed E-state index contributed by atoms with van der Waals surface area (Å²) in [6, 6.07) is 12.7. The van der Waals surface area contributed by atoms with Gasteiger partial charge >= 0.3 is 5.97 Å². The van der Waals surface area contributed by atoms with E-state index in [1.165, 1.54) is 30.6 Å². The Morgan fingerprint density at radius 1 is 1.00 bits per heavy atom. The molecule has 0 aliphatic carbocycles. The molecule has 31 heavy (non-hydrogen) atoms. The number of thiophene rings is 1. The highest BCUT2D eigenvalue weighted by atomic mass is 32.1. The quantitative estimate of drug-likeness (QED) is 0.493. The number of anilines is 1. The molecule has 0 aliphatic rings. The van der Waals surface area contributed by atoms with Crippen LogP contribution in [0.1, 0.15) is 22.2 Å². The van der Waals surface area contributed by atoms with Gasteiger partial charge in [0.25, 0.3) is 5.91 Å². The highest BCUT2D eigenvalue weighted by molar-refractivity contribution is 7.17. The average molecular weight is 443 g/mol. The van der Waals surface area contributed by atoms with Crippen LogP contribution < -0.4 is 14.8 Å². The van der Waals surface area contributed by atoms with E-state index >= 15 is 0 Å². The molecule has 1 amide bonds. The van der Waals surface area contributed by atoms with Crippen LogP contribution >= 0.6 is 11.3 Å². The molecular weight excluding hydrogens is 421 g/mol. The van der Waals surface area contributed by atoms with E-state index in [1.54, 1.807) is 36.4 Å². The van der Waals surface area contributed by atoms with Gasteiger partial charge in [-0.15, -0.1) is 11.3 Å². The lowest BCUT2D eigenvalue weighted by molar-refractivity contribution is -0.118. The second kappa shape index (κ2) is 10.1. The first-order valence-electron chi connectivity index (χ1n) is 9.56. The van der Waals surface area contributed by atoms with Crippen molar-refractivity contribution in [3.05, 3.63) is 64.8 Å². The maximum absolute atomic E-state index is 13.3. The number of esters is 1. The summed E-state index contributed by atoms with van der Waals surface area (Å²) in [5.74, 6) is -0.167. The minimum absolute atomic E-state index is 0.228. The van der Waals surface area contributed by atoms with Crippen molar-refractivity contribution in [2.45, 2.75) is 13.8 Å². The number of carbonyl (C=O) groups is 2. The molecule has 0 saturated carbocycles. The number of rotatable bonds is 8. The number of amides is 1. The van der Waals surface area contributed by atoms with E-state index in [9.17, 15) is 14.0 Å². The molecule has 0 spiro atoms. The molecule has 0 fully saturated rings. The Kier molecular flexibility index (Phi) is 7.25. The first-order chi connectivity index (χ1) is 14.9. The highest BCUT2D eigenvalue weighted by Crippen LogP contribution is 2.40. The molecule has 3 aromatic rings. The Balaban J connectivity index is 1.77. The zero-order valence-corrected chi connectivity index (χ0v) is 18.2. The predicted octanol–water partition coefficient (Wildman–Crippen LogP) is 5.07. The Morgan fingerprint density at radius 3 is 2.19 bits per heavy atom. The molecule has 0 aliphatic heterocycles. The molecule has 8 heteroatoms. The van der Waals surface area contributed by atoms with Crippen LogP contribution in [0.2, 0.25) is 0 Å². The second-order valence-corrected chi connectivity index (χ2v) is 7.70. The van der Waals surface area contributed by atoms with Crippen molar-refractivity contribution in [2.75, 3.05) is 25.6 Å². The Morgan fingerprint density at radius 2 is 1.61 bits per heavy atom. The van der Waals surface area contributed by atoms with Gasteiger partial charge in [0.1, 0.15) is 27.9 Å². The molecule has 2 aromatic carbocycles. The molecule has 162 valence electrons. The van der Waals surface area contributed by atoms with Gasteiger partial charge in [-0.2, -0.15) is 0 Å². The third kappa shape index (κ3) is 5.40. The normalized spacial score (nSPS) is 10.5. The molecular formula is C23H22FNO5S. The van der Waals surface area contributed by atoms with Crippen LogP contribution in [0.25, 0.3) is 11.1 Å². The number of hydrogen-bond acceptors (Lipinski definition) is 6. The van der Waals surface area contributed by atoms with Crippen LogP contribution in [0.4, 0.5) is 9.39 Å². The maximum atomic E-state index is 13.3. The van der Waals surface area contributed by atoms with Crippen molar-refractivity contribution in [2.24, 2.45) is 0 Å². The minimum Gasteiger partial charge on any atom is -0.494 e. The lowest BCUT2D eigenvalue weighted by atomic mass is 10.0. The molecule has 0 radical (unpaired) electrons. The summed E-state index contributed by atoms with van der Waals surface area (Å²) in [5.41, 5.74) is 1.48. The molecule has 3 rings (SSSR count). The van der Waals surface area contributed by atoms with E-state index in [0.29, 0.717) is 34.2 Å². The number of halogens is 1. The lowest BCUT2D eigenvalue weighted by Gasteiger charge is -2.10. The predicted molar refractivity (Wildman–Crippen MR) is 118 cm³/mol. The van der Waals surface area contributed by atoms with Gasteiger partial charge < -0.3 is 19.5 Å². The molecule has 0 saturated heterocycles. The first kappa shape index (κ1) is 22.3. The molecule has 1 aromatic heterocycles. The zero-order valence-electron chi connectivity index (χ0n) is 17.4. The number of carbonyl (C=O) groups excluding carboxylic acids is 2. The Hall–Kier alpha value is -3.39. The number of methoxy groups -OCH3 is 1. The summed E-state index contributed by atoms with van der Waals surface area (Å²) in [6.45, 7) is 4.04. The van der Waals surface area contributed by atoms with Crippen molar-refractivity contribution in [1.82, 2.24) is 0 Å². The van der Waals surface area contributed by atoms with Gasteiger partial charge in [-0.1, -0.05) is 12.1 Å². The molecule has 1 N–H and O–H groups in total. The van der Waals surface area contributed by atoms with Gasteiger partial charge in [0, 0.05) is 10.4 Å². The van der Waals surface area contributed by atoms with Crippen LogP contribution in [0.5, 0.6) is 11.5 Å². The monoisotopic (exact) mass is 443 g/mol. The van der Waals surface area contributed by atoms with Crippen molar-refractivity contribution in [1.29, 1.82) is 0 Å². The van der Waals surface area contributed by atoms with E-state index in [0.717, 1.165) is 4.88 Å². The summed E-state index contributed by atoms with van der Waals surface area (Å²) in [7, 11) is 1.27. The van der Waals surface area contributed by atoms with Crippen LogP contribution in [-0.2, 0) is 9.53 Å². The number of hydrogen-bond donors (Lipinski definition) is 1. The van der Waals surface area contributed by atoms with Gasteiger partial charge in [0.05, 0.1) is 13.7 Å². The molecule has 6 nitrogen and oxygen atoms in total. The molecule has 0 unspecified atom stereocenters. The topological polar surface area (TPSA) is 73.9 Å². The van der Waals surface area contributed by atoms with Crippen LogP contribution in [0.3, 0.4) is 0 Å². The third-order valence-corrected chi connectivity index (χ3v) is 5.38. The summed E-state index contributed by atoms with van der Waals surface area (Å²) in [5, 5.41) is 3.08. The SMILES string of the molecule is CCOc1ccc(OCC(=O)Nc2sc(C)c(-c3ccc(F)cc3)c2C(=O)OC)cc1. The Bertz CT molecular complexity index is 1060. The second-order valence-electron chi connectivity index (χ2n) is 6.48. The number of ether oxygens (including phenoxy) is 3. The molecule has 0 atom stereocenters. The summed E-state index contributed by atoms with van der Waals surface area (Å²) >= 11 is 1.24. The van der Waals surface area contributed by atoms with Gasteiger partial charge in [-0.05, 0) is 55.8 Å². The van der Waals surface area contributed by atoms with Gasteiger partial charge in [-0.25, -0.2) is 9.18 Å². The van der Waals surface area contributed by atoms with Crippen LogP contribution in [0, 0.1) is 12.7 Å². The van der Waals surface area contributed by atoms with E-state index < -0.39 is 11.9 Å². The zero-order chi connectivity index (χ0) is 22.4. The van der Waals surface area contributed by atoms with Crippen LogP contribution in [0.15, 0.2) is 48.5 Å². The van der Waals surface area contributed by atoms with Gasteiger partial charge in [0.2, 0.25) is 0 Å². The number of aryl methyl sites for hydroxylation is 1.